The lowest BCUT2D eigenvalue weighted by Gasteiger charge is -2.42. The quantitative estimate of drug-likeness (QED) is 0.432. The monoisotopic (exact) mass is 443 g/mol. The third-order valence-corrected chi connectivity index (χ3v) is 7.50. The highest BCUT2D eigenvalue weighted by molar-refractivity contribution is 6.07. The van der Waals surface area contributed by atoms with E-state index >= 15 is 0 Å². The van der Waals surface area contributed by atoms with Crippen LogP contribution >= 0.6 is 0 Å². The Morgan fingerprint density at radius 2 is 1.94 bits per heavy atom. The fraction of sp³-hybridized carbons (Fsp3) is 0.615. The molecule has 1 fully saturated rings. The van der Waals surface area contributed by atoms with Gasteiger partial charge in [0.15, 0.2) is 0 Å². The van der Waals surface area contributed by atoms with E-state index in [1.165, 1.54) is 23.9 Å². The van der Waals surface area contributed by atoms with Crippen LogP contribution < -0.4 is 0 Å². The summed E-state index contributed by atoms with van der Waals surface area (Å²) in [6.45, 7) is 5.92. The molecule has 5 nitrogen and oxygen atoms in total. The number of nitrogens with one attached hydrogen (secondary N) is 1. The smallest absolute Gasteiger partial charge is 0.123 e. The lowest BCUT2D eigenvalue weighted by atomic mass is 9.65. The van der Waals surface area contributed by atoms with Gasteiger partial charge in [0.25, 0.3) is 0 Å². The van der Waals surface area contributed by atoms with Gasteiger partial charge in [-0.3, -0.25) is 9.89 Å². The molecule has 0 spiro atoms. The normalized spacial score (nSPS) is 27.4. The molecule has 4 unspecified atom stereocenters. The Kier molecular flexibility index (Phi) is 8.74. The van der Waals surface area contributed by atoms with Crippen LogP contribution in [-0.2, 0) is 0 Å². The van der Waals surface area contributed by atoms with Gasteiger partial charge in [0.2, 0.25) is 0 Å². The summed E-state index contributed by atoms with van der Waals surface area (Å²) >= 11 is 0. The molecule has 0 amide bonds. The molecule has 176 valence electrons. The minimum atomic E-state index is -0.274. The predicted octanol–water partition coefficient (Wildman–Crippen LogP) is 4.76. The summed E-state index contributed by atoms with van der Waals surface area (Å²) in [5.41, 5.74) is 3.05. The topological polar surface area (TPSA) is 79.9 Å². The van der Waals surface area contributed by atoms with Crippen LogP contribution in [0.15, 0.2) is 40.9 Å². The van der Waals surface area contributed by atoms with E-state index in [4.69, 9.17) is 10.4 Å². The standard InChI is InChI=1S/C26H38FN3O2/c1-3-4-24(30(11-13-31)12-14-32)15-20-5-6-21-16-25(19(18-28)17-26(20,21)2)29-23-9-7-22(27)8-10-23/h7-10,16,18-20,24,28,31-32H,3-6,11-15,17H2,1-2H3. The fourth-order valence-corrected chi connectivity index (χ4v) is 5.72. The number of fused-ring (bicyclic) bond motifs is 1. The Morgan fingerprint density at radius 1 is 1.25 bits per heavy atom. The largest absolute Gasteiger partial charge is 0.395 e. The SMILES string of the molecule is CCCC(CC1CCC2=CC(=Nc3ccc(F)cc3)C(C=N)CC21C)N(CCO)CCO. The molecule has 0 saturated heterocycles. The summed E-state index contributed by atoms with van der Waals surface area (Å²) in [6, 6.07) is 6.54. The van der Waals surface area contributed by atoms with Crippen LogP contribution in [0.4, 0.5) is 10.1 Å². The minimum Gasteiger partial charge on any atom is -0.395 e. The first-order valence-corrected chi connectivity index (χ1v) is 12.0. The van der Waals surface area contributed by atoms with Gasteiger partial charge in [-0.15, -0.1) is 0 Å². The third-order valence-electron chi connectivity index (χ3n) is 7.50. The predicted molar refractivity (Wildman–Crippen MR) is 128 cm³/mol. The van der Waals surface area contributed by atoms with Gasteiger partial charge in [-0.1, -0.05) is 25.8 Å². The first-order chi connectivity index (χ1) is 15.4. The van der Waals surface area contributed by atoms with Crippen molar-refractivity contribution in [2.75, 3.05) is 26.3 Å². The molecule has 3 N–H and O–H groups in total. The molecule has 1 saturated carbocycles. The number of hydrogen-bond acceptors (Lipinski definition) is 5. The highest BCUT2D eigenvalue weighted by Gasteiger charge is 2.47. The van der Waals surface area contributed by atoms with Crippen LogP contribution in [0.1, 0.15) is 52.4 Å². The first kappa shape index (κ1) is 24.7. The van der Waals surface area contributed by atoms with E-state index in [2.05, 4.69) is 24.8 Å². The zero-order valence-electron chi connectivity index (χ0n) is 19.4. The second-order valence-corrected chi connectivity index (χ2v) is 9.47. The molecule has 0 aliphatic heterocycles. The van der Waals surface area contributed by atoms with Gasteiger partial charge in [0.1, 0.15) is 5.82 Å². The zero-order chi connectivity index (χ0) is 23.1. The Labute approximate surface area is 191 Å². The number of aliphatic hydroxyl groups is 2. The third kappa shape index (κ3) is 5.53. The lowest BCUT2D eigenvalue weighted by Crippen LogP contribution is -2.43. The maximum Gasteiger partial charge on any atom is 0.123 e. The second-order valence-electron chi connectivity index (χ2n) is 9.47. The fourth-order valence-electron chi connectivity index (χ4n) is 5.72. The van der Waals surface area contributed by atoms with Crippen LogP contribution in [0.2, 0.25) is 0 Å². The minimum absolute atomic E-state index is 0.0279. The van der Waals surface area contributed by atoms with E-state index in [0.717, 1.165) is 49.9 Å². The van der Waals surface area contributed by atoms with Crippen molar-refractivity contribution < 1.29 is 14.6 Å². The van der Waals surface area contributed by atoms with Crippen molar-refractivity contribution in [3.05, 3.63) is 41.7 Å². The molecule has 0 radical (unpaired) electrons. The van der Waals surface area contributed by atoms with Crippen molar-refractivity contribution in [1.82, 2.24) is 4.90 Å². The molecule has 1 aromatic rings. The molecular weight excluding hydrogens is 405 g/mol. The highest BCUT2D eigenvalue weighted by atomic mass is 19.1. The van der Waals surface area contributed by atoms with E-state index in [1.54, 1.807) is 12.1 Å². The van der Waals surface area contributed by atoms with Crippen LogP contribution in [0.25, 0.3) is 0 Å². The van der Waals surface area contributed by atoms with Gasteiger partial charge in [-0.2, -0.15) is 0 Å². The summed E-state index contributed by atoms with van der Waals surface area (Å²) in [5, 5.41) is 27.1. The summed E-state index contributed by atoms with van der Waals surface area (Å²) in [4.78, 5) is 7.00. The van der Waals surface area contributed by atoms with Gasteiger partial charge in [-0.25, -0.2) is 4.39 Å². The van der Waals surface area contributed by atoms with Crippen molar-refractivity contribution >= 4 is 17.6 Å². The van der Waals surface area contributed by atoms with Crippen LogP contribution in [0, 0.1) is 28.5 Å². The lowest BCUT2D eigenvalue weighted by molar-refractivity contribution is 0.0869. The number of aliphatic hydroxyl groups excluding tert-OH is 2. The number of nitrogens with zero attached hydrogens (tertiary/aromatic N) is 2. The molecule has 1 aromatic carbocycles. The van der Waals surface area contributed by atoms with Crippen molar-refractivity contribution in [3.63, 3.8) is 0 Å². The Morgan fingerprint density at radius 3 is 2.53 bits per heavy atom. The van der Waals surface area contributed by atoms with Gasteiger partial charge >= 0.3 is 0 Å². The van der Waals surface area contributed by atoms with E-state index in [-0.39, 0.29) is 30.4 Å². The number of halogens is 1. The van der Waals surface area contributed by atoms with E-state index < -0.39 is 0 Å². The summed E-state index contributed by atoms with van der Waals surface area (Å²) in [7, 11) is 0. The molecule has 4 atom stereocenters. The molecule has 0 bridgehead atoms. The molecule has 6 heteroatoms. The molecule has 0 aromatic heterocycles. The second kappa shape index (κ2) is 11.3. The number of benzene rings is 1. The van der Waals surface area contributed by atoms with Crippen molar-refractivity contribution in [2.45, 2.75) is 58.4 Å². The average molecular weight is 444 g/mol. The van der Waals surface area contributed by atoms with Gasteiger partial charge in [0, 0.05) is 37.0 Å². The van der Waals surface area contributed by atoms with Gasteiger partial charge in [0.05, 0.1) is 18.9 Å². The summed E-state index contributed by atoms with van der Waals surface area (Å²) < 4.78 is 13.3. The van der Waals surface area contributed by atoms with Crippen molar-refractivity contribution in [1.29, 1.82) is 5.41 Å². The molecule has 3 rings (SSSR count). The molecular formula is C26H38FN3O2. The Balaban J connectivity index is 1.84. The number of rotatable bonds is 11. The molecule has 32 heavy (non-hydrogen) atoms. The molecule has 0 heterocycles. The van der Waals surface area contributed by atoms with Gasteiger partial charge < -0.3 is 15.6 Å². The van der Waals surface area contributed by atoms with Crippen LogP contribution in [0.3, 0.4) is 0 Å². The van der Waals surface area contributed by atoms with E-state index in [0.29, 0.717) is 25.0 Å². The zero-order valence-corrected chi connectivity index (χ0v) is 19.4. The number of hydrogen-bond donors (Lipinski definition) is 3. The maximum atomic E-state index is 13.3. The van der Waals surface area contributed by atoms with Gasteiger partial charge in [-0.05, 0) is 73.8 Å². The summed E-state index contributed by atoms with van der Waals surface area (Å²) in [6.07, 6.45) is 9.87. The van der Waals surface area contributed by atoms with Crippen molar-refractivity contribution in [3.8, 4) is 0 Å². The maximum absolute atomic E-state index is 13.3. The highest BCUT2D eigenvalue weighted by Crippen LogP contribution is 2.55. The van der Waals surface area contributed by atoms with Crippen LogP contribution in [0.5, 0.6) is 0 Å². The Bertz CT molecular complexity index is 817. The summed E-state index contributed by atoms with van der Waals surface area (Å²) in [5.74, 6) is 0.175. The molecule has 2 aliphatic rings. The number of aliphatic imine (C=N–C) groups is 1. The van der Waals surface area contributed by atoms with Crippen molar-refractivity contribution in [2.24, 2.45) is 22.2 Å². The Hall–Kier alpha value is -1.89. The van der Waals surface area contributed by atoms with E-state index in [1.807, 2.05) is 0 Å². The van der Waals surface area contributed by atoms with Crippen LogP contribution in [-0.4, -0.2) is 59.4 Å². The van der Waals surface area contributed by atoms with E-state index in [9.17, 15) is 14.6 Å². The molecule has 2 aliphatic carbocycles. The first-order valence-electron chi connectivity index (χ1n) is 12.0. The number of allylic oxidation sites excluding steroid dienone is 2. The average Bonchev–Trinajstić information content (AvgIpc) is 3.09.